The van der Waals surface area contributed by atoms with Crippen molar-refractivity contribution in [1.82, 2.24) is 14.0 Å². The number of aryl methyl sites for hydroxylation is 2. The van der Waals surface area contributed by atoms with Crippen LogP contribution in [0.3, 0.4) is 0 Å². The van der Waals surface area contributed by atoms with Crippen LogP contribution in [0.2, 0.25) is 0 Å². The summed E-state index contributed by atoms with van der Waals surface area (Å²) in [6.45, 7) is 7.91. The number of nitrogens with zero attached hydrogens (tertiary/aromatic N) is 3. The fourth-order valence-electron chi connectivity index (χ4n) is 10.6. The summed E-state index contributed by atoms with van der Waals surface area (Å²) < 4.78 is 15.2. The van der Waals surface area contributed by atoms with Gasteiger partial charge in [-0.15, -0.1) is 0 Å². The van der Waals surface area contributed by atoms with Gasteiger partial charge >= 0.3 is 11.9 Å². The number of aromatic nitrogens is 2. The van der Waals surface area contributed by atoms with Gasteiger partial charge in [0, 0.05) is 36.4 Å². The van der Waals surface area contributed by atoms with Gasteiger partial charge in [-0.05, 0) is 76.4 Å². The van der Waals surface area contributed by atoms with Crippen LogP contribution in [0.15, 0.2) is 67.3 Å². The molecular weight excluding hydrogens is 915 g/mol. The van der Waals surface area contributed by atoms with Crippen LogP contribution in [0.4, 0.5) is 11.4 Å². The smallest absolute Gasteiger partial charge is 0.375 e. The Morgan fingerprint density at radius 2 is 1.10 bits per heavy atom. The van der Waals surface area contributed by atoms with Gasteiger partial charge in [0.2, 0.25) is 22.0 Å². The SMILES string of the molecule is Cc1c(N)c2c(OCC(=O)O)c3c(=O)c(=O)c3cc2n1CCCCCCCCCCCCN(CCCCCCCCCCCCn1c(C)c(N)c2c3oc(C(=O)O)c(O)c(=O)c3ccc21)Cc1ccccc1. The number of nitrogens with two attached hydrogens (primary N) is 2. The molecule has 3 aromatic heterocycles. The number of nitrogen functional groups attached to an aromatic ring is 2. The average molecular weight is 988 g/mol. The highest BCUT2D eigenvalue weighted by molar-refractivity contribution is 6.12. The summed E-state index contributed by atoms with van der Waals surface area (Å²) in [5.41, 5.74) is 16.4. The third kappa shape index (κ3) is 12.3. The molecule has 0 aliphatic rings. The number of ether oxygens (including phenoxy) is 1. The second-order valence-electron chi connectivity index (χ2n) is 19.7. The maximum atomic E-state index is 12.7. The molecule has 72 heavy (non-hydrogen) atoms. The molecule has 0 fully saturated rings. The van der Waals surface area contributed by atoms with Crippen molar-refractivity contribution in [2.75, 3.05) is 31.2 Å². The van der Waals surface area contributed by atoms with E-state index in [1.165, 1.54) is 95.5 Å². The first-order valence-corrected chi connectivity index (χ1v) is 26.3. The maximum Gasteiger partial charge on any atom is 0.375 e. The van der Waals surface area contributed by atoms with Crippen LogP contribution in [-0.2, 0) is 24.4 Å². The Balaban J connectivity index is 0.730. The van der Waals surface area contributed by atoms with E-state index in [-0.39, 0.29) is 27.5 Å². The number of unbranched alkanes of at least 4 members (excludes halogenated alkanes) is 18. The summed E-state index contributed by atoms with van der Waals surface area (Å²) in [6, 6.07) is 15.9. The highest BCUT2D eigenvalue weighted by atomic mass is 16.5. The summed E-state index contributed by atoms with van der Waals surface area (Å²) in [4.78, 5) is 62.9. The first-order valence-electron chi connectivity index (χ1n) is 26.3. The van der Waals surface area contributed by atoms with Gasteiger partial charge in [0.05, 0.1) is 44.0 Å². The van der Waals surface area contributed by atoms with Crippen LogP contribution in [0.5, 0.6) is 11.5 Å². The molecule has 7 rings (SSSR count). The minimum absolute atomic E-state index is 0.0831. The van der Waals surface area contributed by atoms with Crippen molar-refractivity contribution in [3.63, 3.8) is 0 Å². The molecule has 15 heteroatoms. The van der Waals surface area contributed by atoms with Gasteiger partial charge in [-0.1, -0.05) is 133 Å². The van der Waals surface area contributed by atoms with E-state index in [4.69, 9.17) is 20.6 Å². The zero-order valence-electron chi connectivity index (χ0n) is 42.2. The van der Waals surface area contributed by atoms with Crippen molar-refractivity contribution in [3.8, 4) is 11.5 Å². The quantitative estimate of drug-likeness (QED) is 0.0195. The average Bonchev–Trinajstić information content (AvgIpc) is 3.76. The molecule has 386 valence electrons. The number of anilines is 2. The highest BCUT2D eigenvalue weighted by Gasteiger charge is 2.27. The van der Waals surface area contributed by atoms with Crippen LogP contribution in [0.25, 0.3) is 43.5 Å². The summed E-state index contributed by atoms with van der Waals surface area (Å²) in [5, 5.41) is 30.2. The number of hydrogen-bond acceptors (Lipinski definition) is 11. The van der Waals surface area contributed by atoms with Gasteiger partial charge in [0.1, 0.15) is 5.75 Å². The van der Waals surface area contributed by atoms with Crippen LogP contribution >= 0.6 is 0 Å². The second kappa shape index (κ2) is 25.2. The Labute approximate surface area is 420 Å². The Kier molecular flexibility index (Phi) is 18.6. The molecule has 0 aliphatic carbocycles. The van der Waals surface area contributed by atoms with Gasteiger partial charge in [0.25, 0.3) is 5.76 Å². The first-order chi connectivity index (χ1) is 34.8. The lowest BCUT2D eigenvalue weighted by Gasteiger charge is -2.22. The molecule has 0 saturated carbocycles. The molecule has 0 aliphatic heterocycles. The molecule has 0 saturated heterocycles. The molecular formula is C57H73N5O10. The molecule has 0 atom stereocenters. The lowest BCUT2D eigenvalue weighted by molar-refractivity contribution is -0.139. The van der Waals surface area contributed by atoms with Gasteiger partial charge in [0.15, 0.2) is 12.2 Å². The molecule has 4 aromatic carbocycles. The fraction of sp³-hybridized carbons (Fsp3) is 0.491. The van der Waals surface area contributed by atoms with Crippen molar-refractivity contribution in [1.29, 1.82) is 0 Å². The summed E-state index contributed by atoms with van der Waals surface area (Å²) in [5.74, 6) is -4.29. The van der Waals surface area contributed by atoms with Crippen LogP contribution < -0.4 is 32.5 Å². The Hall–Kier alpha value is -6.61. The number of carbonyl (C=O) groups is 2. The first kappa shape index (κ1) is 53.2. The molecule has 0 spiro atoms. The number of aliphatic carboxylic acids is 1. The van der Waals surface area contributed by atoms with E-state index in [0.717, 1.165) is 81.6 Å². The second-order valence-corrected chi connectivity index (χ2v) is 19.7. The predicted molar refractivity (Wildman–Crippen MR) is 286 cm³/mol. The van der Waals surface area contributed by atoms with Crippen molar-refractivity contribution in [2.24, 2.45) is 0 Å². The Morgan fingerprint density at radius 1 is 0.597 bits per heavy atom. The van der Waals surface area contributed by atoms with E-state index in [1.54, 1.807) is 18.2 Å². The molecule has 0 unspecified atom stereocenters. The zero-order valence-corrected chi connectivity index (χ0v) is 42.2. The predicted octanol–water partition coefficient (Wildman–Crippen LogP) is 11.1. The van der Waals surface area contributed by atoms with Crippen LogP contribution in [-0.4, -0.2) is 61.0 Å². The third-order valence-electron chi connectivity index (χ3n) is 14.7. The minimum Gasteiger partial charge on any atom is -0.501 e. The van der Waals surface area contributed by atoms with Crippen molar-refractivity contribution in [3.05, 3.63) is 102 Å². The van der Waals surface area contributed by atoms with Crippen molar-refractivity contribution in [2.45, 2.75) is 162 Å². The zero-order chi connectivity index (χ0) is 51.3. The van der Waals surface area contributed by atoms with E-state index in [9.17, 15) is 39.3 Å². The Bertz CT molecular complexity index is 3120. The number of hydrogen-bond donors (Lipinski definition) is 5. The third-order valence-corrected chi connectivity index (χ3v) is 14.7. The Morgan fingerprint density at radius 3 is 1.62 bits per heavy atom. The summed E-state index contributed by atoms with van der Waals surface area (Å²) in [6.07, 6.45) is 23.8. The van der Waals surface area contributed by atoms with Crippen molar-refractivity contribution < 1.29 is 34.1 Å². The van der Waals surface area contributed by atoms with Gasteiger partial charge in [-0.3, -0.25) is 19.3 Å². The minimum atomic E-state index is -1.52. The number of rotatable bonds is 32. The number of carboxylic acid groups (broad SMARTS) is 2. The molecule has 0 bridgehead atoms. The number of fused-ring (bicyclic) bond motifs is 5. The molecule has 7 N–H and O–H groups in total. The maximum absolute atomic E-state index is 12.7. The monoisotopic (exact) mass is 988 g/mol. The molecule has 0 amide bonds. The van der Waals surface area contributed by atoms with E-state index in [0.29, 0.717) is 34.2 Å². The highest BCUT2D eigenvalue weighted by Crippen LogP contribution is 2.40. The van der Waals surface area contributed by atoms with Gasteiger partial charge in [-0.25, -0.2) is 9.59 Å². The van der Waals surface area contributed by atoms with Gasteiger partial charge < -0.3 is 45.1 Å². The van der Waals surface area contributed by atoms with E-state index < -0.39 is 46.3 Å². The summed E-state index contributed by atoms with van der Waals surface area (Å²) in [7, 11) is 0. The van der Waals surface area contributed by atoms with E-state index in [1.807, 2.05) is 13.8 Å². The number of aromatic carboxylic acids is 1. The normalized spacial score (nSPS) is 11.9. The topological polar surface area (TPSA) is 234 Å². The largest absolute Gasteiger partial charge is 0.501 e. The van der Waals surface area contributed by atoms with Crippen molar-refractivity contribution >= 4 is 66.9 Å². The molecule has 0 radical (unpaired) electrons. The number of carboxylic acids is 2. The molecule has 7 aromatic rings. The molecule has 3 heterocycles. The summed E-state index contributed by atoms with van der Waals surface area (Å²) >= 11 is 0. The lowest BCUT2D eigenvalue weighted by Crippen LogP contribution is -2.31. The standard InChI is InChI=1S/C57H73N5O10/c1-37-48(58)46-42(29-28-40-50(65)53(68)56(57(69)70)72-54(40)46)61(37)32-24-17-13-9-5-3-7-11-15-22-30-60(35-39-26-20-19-21-27-39)31-23-16-12-8-4-6-10-14-18-25-33-62-38(2)49(59)47-43(62)34-41-45(52(67)51(41)66)55(47)71-36-44(63)64/h19-21,26-29,34,68H,3-18,22-25,30-33,35-36,58-59H2,1-2H3,(H,63,64)(H,69,70). The molecule has 15 nitrogen and oxygen atoms in total. The van der Waals surface area contributed by atoms with E-state index in [2.05, 4.69) is 44.4 Å². The van der Waals surface area contributed by atoms with Crippen LogP contribution in [0, 0.1) is 13.8 Å². The van der Waals surface area contributed by atoms with Gasteiger partial charge in [-0.2, -0.15) is 0 Å². The van der Waals surface area contributed by atoms with Crippen LogP contribution in [0.1, 0.15) is 156 Å². The number of aromatic hydroxyl groups is 1. The lowest BCUT2D eigenvalue weighted by atomic mass is 10.0. The van der Waals surface area contributed by atoms with E-state index >= 15 is 0 Å². The fourth-order valence-corrected chi connectivity index (χ4v) is 10.6. The number of benzene rings is 3.